The number of amides is 1. The first-order chi connectivity index (χ1) is 10.0. The maximum absolute atomic E-state index is 12.4. The molecule has 2 aromatic rings. The average molecular weight is 351 g/mol. The third-order valence-electron chi connectivity index (χ3n) is 3.66. The predicted molar refractivity (Wildman–Crippen MR) is 91.9 cm³/mol. The monoisotopic (exact) mass is 350 g/mol. The predicted octanol–water partition coefficient (Wildman–Crippen LogP) is 4.90. The van der Waals surface area contributed by atoms with E-state index in [9.17, 15) is 4.79 Å². The van der Waals surface area contributed by atoms with Gasteiger partial charge >= 0.3 is 0 Å². The van der Waals surface area contributed by atoms with E-state index in [4.69, 9.17) is 0 Å². The number of unbranched alkanes of at least 4 members (excludes halogenated alkanes) is 2. The zero-order valence-corrected chi connectivity index (χ0v) is 14.5. The molecule has 0 aliphatic heterocycles. The number of halogens is 1. The quantitative estimate of drug-likeness (QED) is 0.738. The molecule has 0 unspecified atom stereocenters. The van der Waals surface area contributed by atoms with Gasteiger partial charge in [0.05, 0.1) is 11.1 Å². The molecule has 0 bridgehead atoms. The fraction of sp³-hybridized carbons (Fsp3) is 0.471. The first-order valence-electron chi connectivity index (χ1n) is 7.63. The van der Waals surface area contributed by atoms with Crippen LogP contribution in [0, 0.1) is 0 Å². The Bertz CT molecular complexity index is 631. The summed E-state index contributed by atoms with van der Waals surface area (Å²) < 4.78 is 3.19. The molecule has 1 aromatic heterocycles. The lowest BCUT2D eigenvalue weighted by atomic mass is 10.1. The lowest BCUT2D eigenvalue weighted by Crippen LogP contribution is -2.24. The highest BCUT2D eigenvalue weighted by atomic mass is 79.9. The molecule has 4 heteroatoms. The van der Waals surface area contributed by atoms with Crippen LogP contribution in [0.15, 0.2) is 28.9 Å². The van der Waals surface area contributed by atoms with Crippen LogP contribution in [0.3, 0.4) is 0 Å². The molecule has 0 saturated carbocycles. The molecule has 1 N–H and O–H groups in total. The molecule has 0 atom stereocenters. The molecule has 0 spiro atoms. The third-order valence-corrected chi connectivity index (χ3v) is 4.16. The van der Waals surface area contributed by atoms with E-state index in [1.54, 1.807) is 0 Å². The van der Waals surface area contributed by atoms with E-state index in [1.165, 1.54) is 0 Å². The van der Waals surface area contributed by atoms with Crippen LogP contribution in [0.2, 0.25) is 0 Å². The van der Waals surface area contributed by atoms with Gasteiger partial charge in [0.2, 0.25) is 0 Å². The fourth-order valence-electron chi connectivity index (χ4n) is 2.50. The van der Waals surface area contributed by atoms with Crippen molar-refractivity contribution in [2.24, 2.45) is 0 Å². The Morgan fingerprint density at radius 1 is 1.33 bits per heavy atom. The van der Waals surface area contributed by atoms with Gasteiger partial charge in [-0.25, -0.2) is 0 Å². The summed E-state index contributed by atoms with van der Waals surface area (Å²) >= 11 is 3.51. The van der Waals surface area contributed by atoms with Crippen molar-refractivity contribution in [3.05, 3.63) is 34.4 Å². The van der Waals surface area contributed by atoms with Crippen molar-refractivity contribution in [2.75, 3.05) is 6.54 Å². The molecule has 1 heterocycles. The van der Waals surface area contributed by atoms with Crippen LogP contribution in [0.1, 0.15) is 56.4 Å². The zero-order chi connectivity index (χ0) is 15.4. The van der Waals surface area contributed by atoms with Crippen molar-refractivity contribution in [2.45, 2.75) is 46.1 Å². The van der Waals surface area contributed by atoms with Crippen molar-refractivity contribution in [3.63, 3.8) is 0 Å². The highest BCUT2D eigenvalue weighted by Crippen LogP contribution is 2.27. The Hall–Kier alpha value is -1.29. The standard InChI is InChI=1S/C17H23BrN2O/c1-4-5-6-9-19-17(21)15-11-20(12(2)3)16-10-13(18)7-8-14(15)16/h7-8,10-12H,4-6,9H2,1-3H3,(H,19,21). The van der Waals surface area contributed by atoms with E-state index in [0.717, 1.165) is 46.7 Å². The molecular formula is C17H23BrN2O. The van der Waals surface area contributed by atoms with E-state index in [-0.39, 0.29) is 5.91 Å². The number of carbonyl (C=O) groups is 1. The van der Waals surface area contributed by atoms with Gasteiger partial charge < -0.3 is 9.88 Å². The molecule has 0 aliphatic rings. The van der Waals surface area contributed by atoms with Crippen molar-refractivity contribution in [1.82, 2.24) is 9.88 Å². The van der Waals surface area contributed by atoms with Gasteiger partial charge in [-0.3, -0.25) is 4.79 Å². The Balaban J connectivity index is 2.29. The summed E-state index contributed by atoms with van der Waals surface area (Å²) in [5.41, 5.74) is 1.86. The highest BCUT2D eigenvalue weighted by Gasteiger charge is 2.16. The van der Waals surface area contributed by atoms with Crippen LogP contribution in [0.5, 0.6) is 0 Å². The lowest BCUT2D eigenvalue weighted by molar-refractivity contribution is 0.0954. The first kappa shape index (κ1) is 16.1. The zero-order valence-electron chi connectivity index (χ0n) is 12.9. The largest absolute Gasteiger partial charge is 0.352 e. The van der Waals surface area contributed by atoms with E-state index in [0.29, 0.717) is 6.04 Å². The van der Waals surface area contributed by atoms with Gasteiger partial charge in [0.15, 0.2) is 0 Å². The summed E-state index contributed by atoms with van der Waals surface area (Å²) in [6.45, 7) is 7.17. The van der Waals surface area contributed by atoms with Crippen LogP contribution in [-0.2, 0) is 0 Å². The highest BCUT2D eigenvalue weighted by molar-refractivity contribution is 9.10. The molecule has 0 radical (unpaired) electrons. The van der Waals surface area contributed by atoms with E-state index in [2.05, 4.69) is 52.7 Å². The number of carbonyl (C=O) groups excluding carboxylic acids is 1. The summed E-state index contributed by atoms with van der Waals surface area (Å²) in [5.74, 6) is 0.0258. The maximum atomic E-state index is 12.4. The minimum atomic E-state index is 0.0258. The number of nitrogens with zero attached hydrogens (tertiary/aromatic N) is 1. The summed E-state index contributed by atoms with van der Waals surface area (Å²) in [4.78, 5) is 12.4. The van der Waals surface area contributed by atoms with Gasteiger partial charge in [-0.1, -0.05) is 41.8 Å². The van der Waals surface area contributed by atoms with Crippen molar-refractivity contribution >= 4 is 32.7 Å². The first-order valence-corrected chi connectivity index (χ1v) is 8.42. The Kier molecular flexibility index (Phi) is 5.45. The molecule has 1 aromatic carbocycles. The number of benzene rings is 1. The summed E-state index contributed by atoms with van der Waals surface area (Å²) in [7, 11) is 0. The Labute approximate surface area is 134 Å². The van der Waals surface area contributed by atoms with Gasteiger partial charge in [0.1, 0.15) is 0 Å². The Morgan fingerprint density at radius 2 is 2.10 bits per heavy atom. The SMILES string of the molecule is CCCCCNC(=O)c1cn(C(C)C)c2cc(Br)ccc12. The molecule has 21 heavy (non-hydrogen) atoms. The second-order valence-electron chi connectivity index (χ2n) is 5.67. The van der Waals surface area contributed by atoms with Crippen LogP contribution >= 0.6 is 15.9 Å². The molecule has 0 saturated heterocycles. The van der Waals surface area contributed by atoms with Gasteiger partial charge in [-0.05, 0) is 32.4 Å². The molecule has 3 nitrogen and oxygen atoms in total. The molecule has 114 valence electrons. The van der Waals surface area contributed by atoms with Gasteiger partial charge in [-0.2, -0.15) is 0 Å². The molecule has 0 fully saturated rings. The fourth-order valence-corrected chi connectivity index (χ4v) is 2.85. The topological polar surface area (TPSA) is 34.0 Å². The van der Waals surface area contributed by atoms with Gasteiger partial charge in [-0.15, -0.1) is 0 Å². The van der Waals surface area contributed by atoms with Crippen molar-refractivity contribution in [1.29, 1.82) is 0 Å². The molecule has 1 amide bonds. The third kappa shape index (κ3) is 3.67. The number of hydrogen-bond donors (Lipinski definition) is 1. The van der Waals surface area contributed by atoms with Crippen LogP contribution < -0.4 is 5.32 Å². The van der Waals surface area contributed by atoms with Crippen LogP contribution in [-0.4, -0.2) is 17.0 Å². The second-order valence-corrected chi connectivity index (χ2v) is 6.58. The average Bonchev–Trinajstić information content (AvgIpc) is 2.82. The normalized spacial score (nSPS) is 11.3. The number of aromatic nitrogens is 1. The van der Waals surface area contributed by atoms with Gasteiger partial charge in [0, 0.05) is 28.6 Å². The number of fused-ring (bicyclic) bond motifs is 1. The number of rotatable bonds is 6. The molecular weight excluding hydrogens is 328 g/mol. The van der Waals surface area contributed by atoms with E-state index < -0.39 is 0 Å². The summed E-state index contributed by atoms with van der Waals surface area (Å²) in [5, 5.41) is 4.04. The second kappa shape index (κ2) is 7.12. The van der Waals surface area contributed by atoms with Gasteiger partial charge in [0.25, 0.3) is 5.91 Å². The van der Waals surface area contributed by atoms with Crippen molar-refractivity contribution in [3.8, 4) is 0 Å². The van der Waals surface area contributed by atoms with E-state index in [1.807, 2.05) is 18.3 Å². The summed E-state index contributed by atoms with van der Waals surface area (Å²) in [6, 6.07) is 6.40. The lowest BCUT2D eigenvalue weighted by Gasteiger charge is -2.08. The molecule has 2 rings (SSSR count). The molecule has 0 aliphatic carbocycles. The van der Waals surface area contributed by atoms with E-state index >= 15 is 0 Å². The Morgan fingerprint density at radius 3 is 2.76 bits per heavy atom. The smallest absolute Gasteiger partial charge is 0.253 e. The number of nitrogens with one attached hydrogen (secondary N) is 1. The minimum absolute atomic E-state index is 0.0258. The van der Waals surface area contributed by atoms with Crippen molar-refractivity contribution < 1.29 is 4.79 Å². The maximum Gasteiger partial charge on any atom is 0.253 e. The minimum Gasteiger partial charge on any atom is -0.352 e. The van der Waals surface area contributed by atoms with Crippen LogP contribution in [0.4, 0.5) is 0 Å². The van der Waals surface area contributed by atoms with Crippen LogP contribution in [0.25, 0.3) is 10.9 Å². The number of hydrogen-bond acceptors (Lipinski definition) is 1. The summed E-state index contributed by atoms with van der Waals surface area (Å²) in [6.07, 6.45) is 5.32.